The third-order valence-electron chi connectivity index (χ3n) is 3.69. The van der Waals surface area contributed by atoms with Gasteiger partial charge in [-0.2, -0.15) is 0 Å². The lowest BCUT2D eigenvalue weighted by molar-refractivity contribution is -0.118. The Morgan fingerprint density at radius 2 is 1.92 bits per heavy atom. The molecule has 1 saturated heterocycles. The van der Waals surface area contributed by atoms with E-state index in [1.165, 1.54) is 12.1 Å². The number of hydrogen-bond acceptors (Lipinski definition) is 4. The summed E-state index contributed by atoms with van der Waals surface area (Å²) in [5, 5.41) is 12.0. The predicted octanol–water partition coefficient (Wildman–Crippen LogP) is 2.64. The van der Waals surface area contributed by atoms with Gasteiger partial charge < -0.3 is 15.3 Å². The van der Waals surface area contributed by atoms with Crippen molar-refractivity contribution in [2.45, 2.75) is 12.5 Å². The van der Waals surface area contributed by atoms with Crippen molar-refractivity contribution in [1.82, 2.24) is 5.32 Å². The van der Waals surface area contributed by atoms with E-state index < -0.39 is 17.9 Å². The maximum atomic E-state index is 12.5. The number of benzene rings is 1. The summed E-state index contributed by atoms with van der Waals surface area (Å²) >= 11 is 6.99. The lowest BCUT2D eigenvalue weighted by Gasteiger charge is -2.18. The Hall–Kier alpha value is -2.38. The van der Waals surface area contributed by atoms with Crippen LogP contribution >= 0.6 is 22.9 Å². The van der Waals surface area contributed by atoms with Gasteiger partial charge in [-0.25, -0.2) is 4.79 Å². The van der Waals surface area contributed by atoms with E-state index in [9.17, 15) is 14.4 Å². The van der Waals surface area contributed by atoms with Crippen LogP contribution in [-0.4, -0.2) is 35.5 Å². The molecule has 0 radical (unpaired) electrons. The number of carboxylic acids is 1. The molecule has 124 valence electrons. The van der Waals surface area contributed by atoms with Crippen LogP contribution in [0.4, 0.5) is 5.69 Å². The fraction of sp³-hybridized carbons (Fsp3) is 0.188. The smallest absolute Gasteiger partial charge is 0.345 e. The number of carbonyl (C=O) groups is 3. The second-order valence-corrected chi connectivity index (χ2v) is 6.72. The van der Waals surface area contributed by atoms with Crippen LogP contribution in [0.5, 0.6) is 0 Å². The standard InChI is InChI=1S/C16H13ClN2O4S/c17-9-3-1-2-4-11(9)19-8-7-10(15(19)21)18-14(20)12-5-6-13(24-12)16(22)23/h1-6,10H,7-8H2,(H,18,20)(H,22,23)/t10-/m1/s1. The fourth-order valence-corrected chi connectivity index (χ4v) is 3.51. The molecule has 2 aromatic rings. The van der Waals surface area contributed by atoms with Gasteiger partial charge in [0.15, 0.2) is 0 Å². The van der Waals surface area contributed by atoms with Crippen LogP contribution in [-0.2, 0) is 4.79 Å². The number of nitrogens with one attached hydrogen (secondary N) is 1. The van der Waals surface area contributed by atoms with Crippen LogP contribution in [0.3, 0.4) is 0 Å². The highest BCUT2D eigenvalue weighted by Gasteiger charge is 2.34. The van der Waals surface area contributed by atoms with Crippen molar-refractivity contribution < 1.29 is 19.5 Å². The van der Waals surface area contributed by atoms with Crippen molar-refractivity contribution >= 4 is 46.4 Å². The first kappa shape index (κ1) is 16.5. The number of carbonyl (C=O) groups excluding carboxylic acids is 2. The SMILES string of the molecule is O=C(O)c1ccc(C(=O)N[C@@H]2CCN(c3ccccc3Cl)C2=O)s1. The summed E-state index contributed by atoms with van der Waals surface area (Å²) in [7, 11) is 0. The monoisotopic (exact) mass is 364 g/mol. The lowest BCUT2D eigenvalue weighted by Crippen LogP contribution is -2.41. The zero-order valence-electron chi connectivity index (χ0n) is 12.4. The van der Waals surface area contributed by atoms with Gasteiger partial charge in [-0.1, -0.05) is 23.7 Å². The van der Waals surface area contributed by atoms with Crippen molar-refractivity contribution in [3.63, 3.8) is 0 Å². The van der Waals surface area contributed by atoms with E-state index in [1.807, 2.05) is 0 Å². The van der Waals surface area contributed by atoms with E-state index in [0.717, 1.165) is 11.3 Å². The van der Waals surface area contributed by atoms with E-state index in [0.29, 0.717) is 23.7 Å². The van der Waals surface area contributed by atoms with E-state index in [-0.39, 0.29) is 15.7 Å². The molecule has 3 rings (SSSR count). The van der Waals surface area contributed by atoms with Gasteiger partial charge in [-0.15, -0.1) is 11.3 Å². The quantitative estimate of drug-likeness (QED) is 0.873. The summed E-state index contributed by atoms with van der Waals surface area (Å²) in [5.74, 6) is -1.76. The van der Waals surface area contributed by atoms with Crippen LogP contribution in [0, 0.1) is 0 Å². The van der Waals surface area contributed by atoms with Crippen molar-refractivity contribution in [3.05, 3.63) is 51.2 Å². The van der Waals surface area contributed by atoms with Gasteiger partial charge in [0.25, 0.3) is 5.91 Å². The van der Waals surface area contributed by atoms with Gasteiger partial charge in [-0.3, -0.25) is 9.59 Å². The van der Waals surface area contributed by atoms with Crippen LogP contribution in [0.2, 0.25) is 5.02 Å². The number of nitrogens with zero attached hydrogens (tertiary/aromatic N) is 1. The molecule has 1 aliphatic heterocycles. The number of halogens is 1. The number of rotatable bonds is 4. The minimum absolute atomic E-state index is 0.0793. The largest absolute Gasteiger partial charge is 0.477 e. The average Bonchev–Trinajstić information content (AvgIpc) is 3.17. The Kier molecular flexibility index (Phi) is 4.55. The van der Waals surface area contributed by atoms with Gasteiger partial charge in [0, 0.05) is 6.54 Å². The zero-order chi connectivity index (χ0) is 17.3. The highest BCUT2D eigenvalue weighted by Crippen LogP contribution is 2.29. The number of carboxylic acid groups (broad SMARTS) is 1. The number of hydrogen-bond donors (Lipinski definition) is 2. The van der Waals surface area contributed by atoms with Crippen molar-refractivity contribution in [2.75, 3.05) is 11.4 Å². The Morgan fingerprint density at radius 3 is 2.58 bits per heavy atom. The van der Waals surface area contributed by atoms with E-state index in [2.05, 4.69) is 5.32 Å². The summed E-state index contributed by atoms with van der Waals surface area (Å²) < 4.78 is 0. The third-order valence-corrected chi connectivity index (χ3v) is 5.09. The molecule has 0 spiro atoms. The molecule has 0 unspecified atom stereocenters. The number of aromatic carboxylic acids is 1. The molecule has 8 heteroatoms. The van der Waals surface area contributed by atoms with Crippen LogP contribution < -0.4 is 10.2 Å². The Balaban J connectivity index is 1.70. The molecular weight excluding hydrogens is 352 g/mol. The molecule has 0 saturated carbocycles. The molecule has 0 bridgehead atoms. The van der Waals surface area contributed by atoms with Crippen LogP contribution in [0.15, 0.2) is 36.4 Å². The summed E-state index contributed by atoms with van der Waals surface area (Å²) in [6, 6.07) is 9.19. The summed E-state index contributed by atoms with van der Waals surface area (Å²) in [6.45, 7) is 0.457. The Bertz CT molecular complexity index is 820. The summed E-state index contributed by atoms with van der Waals surface area (Å²) in [4.78, 5) is 37.5. The van der Waals surface area contributed by atoms with Gasteiger partial charge >= 0.3 is 5.97 Å². The van der Waals surface area contributed by atoms with Gasteiger partial charge in [0.2, 0.25) is 5.91 Å². The summed E-state index contributed by atoms with van der Waals surface area (Å²) in [5.41, 5.74) is 0.616. The third kappa shape index (κ3) is 3.13. The second-order valence-electron chi connectivity index (χ2n) is 5.23. The Morgan fingerprint density at radius 1 is 1.21 bits per heavy atom. The predicted molar refractivity (Wildman–Crippen MR) is 91.0 cm³/mol. The maximum absolute atomic E-state index is 12.5. The topological polar surface area (TPSA) is 86.7 Å². The highest BCUT2D eigenvalue weighted by atomic mass is 35.5. The van der Waals surface area contributed by atoms with Gasteiger partial charge in [-0.05, 0) is 30.7 Å². The first-order valence-corrected chi connectivity index (χ1v) is 8.36. The molecule has 6 nitrogen and oxygen atoms in total. The minimum atomic E-state index is -1.08. The first-order valence-electron chi connectivity index (χ1n) is 7.17. The van der Waals surface area contributed by atoms with Crippen molar-refractivity contribution in [2.24, 2.45) is 0 Å². The minimum Gasteiger partial charge on any atom is -0.477 e. The molecule has 2 N–H and O–H groups in total. The zero-order valence-corrected chi connectivity index (χ0v) is 13.9. The van der Waals surface area contributed by atoms with Gasteiger partial charge in [0.1, 0.15) is 10.9 Å². The second kappa shape index (κ2) is 6.62. The van der Waals surface area contributed by atoms with E-state index in [4.69, 9.17) is 16.7 Å². The number of para-hydroxylation sites is 1. The molecule has 1 aliphatic rings. The molecular formula is C16H13ClN2O4S. The molecule has 24 heavy (non-hydrogen) atoms. The normalized spacial score (nSPS) is 17.1. The molecule has 1 fully saturated rings. The fourth-order valence-electron chi connectivity index (χ4n) is 2.53. The van der Waals surface area contributed by atoms with E-state index >= 15 is 0 Å². The van der Waals surface area contributed by atoms with Crippen LogP contribution in [0.25, 0.3) is 0 Å². The average molecular weight is 365 g/mol. The molecule has 1 aromatic carbocycles. The van der Waals surface area contributed by atoms with Crippen molar-refractivity contribution in [1.29, 1.82) is 0 Å². The van der Waals surface area contributed by atoms with Crippen molar-refractivity contribution in [3.8, 4) is 0 Å². The molecule has 1 aromatic heterocycles. The lowest BCUT2D eigenvalue weighted by atomic mass is 10.2. The van der Waals surface area contributed by atoms with Crippen LogP contribution in [0.1, 0.15) is 25.8 Å². The molecule has 1 atom stereocenters. The summed E-state index contributed by atoms with van der Waals surface area (Å²) in [6.07, 6.45) is 0.465. The Labute approximate surface area is 146 Å². The maximum Gasteiger partial charge on any atom is 0.345 e. The number of anilines is 1. The molecule has 2 amide bonds. The van der Waals surface area contributed by atoms with E-state index in [1.54, 1.807) is 29.2 Å². The highest BCUT2D eigenvalue weighted by molar-refractivity contribution is 7.15. The first-order chi connectivity index (χ1) is 11.5. The molecule has 0 aliphatic carbocycles. The molecule has 2 heterocycles. The number of amides is 2. The van der Waals surface area contributed by atoms with Gasteiger partial charge in [0.05, 0.1) is 15.6 Å². The number of thiophene rings is 1.